The van der Waals surface area contributed by atoms with E-state index < -0.39 is 17.4 Å². The molecule has 0 atom stereocenters. The van der Waals surface area contributed by atoms with E-state index in [1.807, 2.05) is 0 Å². The molecule has 0 bridgehead atoms. The fraction of sp³-hybridized carbons (Fsp3) is 0.300. The van der Waals surface area contributed by atoms with Gasteiger partial charge in [0.1, 0.15) is 5.78 Å². The molecule has 0 spiro atoms. The van der Waals surface area contributed by atoms with Gasteiger partial charge in [-0.3, -0.25) is 4.79 Å². The number of Topliss-reactive ketones (excluding diaryl/α,β-unsaturated/α-hetero) is 1. The topological polar surface area (TPSA) is 26.3 Å². The van der Waals surface area contributed by atoms with Gasteiger partial charge in [-0.2, -0.15) is 0 Å². The van der Waals surface area contributed by atoms with Gasteiger partial charge in [-0.1, -0.05) is 0 Å². The molecule has 0 saturated carbocycles. The lowest BCUT2D eigenvalue weighted by Crippen LogP contribution is -2.00. The summed E-state index contributed by atoms with van der Waals surface area (Å²) >= 11 is 0. The Morgan fingerprint density at radius 1 is 1.36 bits per heavy atom. The highest BCUT2D eigenvalue weighted by Gasteiger charge is 2.11. The molecule has 0 fully saturated rings. The Hall–Kier alpha value is -1.45. The summed E-state index contributed by atoms with van der Waals surface area (Å²) in [4.78, 5) is 10.7. The highest BCUT2D eigenvalue weighted by atomic mass is 19.1. The second-order valence-electron chi connectivity index (χ2n) is 2.97. The summed E-state index contributed by atoms with van der Waals surface area (Å²) in [7, 11) is 1.19. The van der Waals surface area contributed by atoms with Crippen LogP contribution < -0.4 is 4.74 Å². The van der Waals surface area contributed by atoms with Gasteiger partial charge in [-0.15, -0.1) is 0 Å². The lowest BCUT2D eigenvalue weighted by molar-refractivity contribution is -0.116. The number of halogens is 2. The van der Waals surface area contributed by atoms with E-state index in [4.69, 9.17) is 0 Å². The van der Waals surface area contributed by atoms with E-state index in [0.29, 0.717) is 5.56 Å². The predicted octanol–water partition coefficient (Wildman–Crippen LogP) is 2.10. The maximum Gasteiger partial charge on any atom is 0.190 e. The van der Waals surface area contributed by atoms with Gasteiger partial charge in [-0.05, 0) is 24.6 Å². The Bertz CT molecular complexity index is 338. The molecule has 0 aliphatic rings. The minimum atomic E-state index is -0.788. The molecule has 0 aromatic heterocycles. The Labute approximate surface area is 80.5 Å². The zero-order valence-electron chi connectivity index (χ0n) is 7.93. The van der Waals surface area contributed by atoms with Crippen LogP contribution in [0, 0.1) is 11.6 Å². The Balaban J connectivity index is 3.07. The summed E-state index contributed by atoms with van der Waals surface area (Å²) in [5, 5.41) is 0. The summed E-state index contributed by atoms with van der Waals surface area (Å²) < 4.78 is 30.7. The average molecular weight is 200 g/mol. The van der Waals surface area contributed by atoms with Crippen LogP contribution in [0.1, 0.15) is 12.5 Å². The van der Waals surface area contributed by atoms with Gasteiger partial charge in [0.15, 0.2) is 17.4 Å². The number of carbonyl (C=O) groups excluding carboxylic acids is 1. The maximum atomic E-state index is 13.1. The monoisotopic (exact) mass is 200 g/mol. The molecule has 0 radical (unpaired) electrons. The quantitative estimate of drug-likeness (QED) is 0.746. The number of rotatable bonds is 3. The summed E-state index contributed by atoms with van der Waals surface area (Å²) in [6.45, 7) is 1.36. The molecule has 14 heavy (non-hydrogen) atoms. The van der Waals surface area contributed by atoms with Crippen LogP contribution in [0.15, 0.2) is 12.1 Å². The number of benzene rings is 1. The molecule has 0 N–H and O–H groups in total. The van der Waals surface area contributed by atoms with E-state index in [2.05, 4.69) is 4.74 Å². The number of ether oxygens (including phenoxy) is 1. The average Bonchev–Trinajstić information content (AvgIpc) is 2.01. The molecule has 4 heteroatoms. The first-order valence-electron chi connectivity index (χ1n) is 4.06. The van der Waals surface area contributed by atoms with Crippen molar-refractivity contribution < 1.29 is 18.3 Å². The molecule has 0 saturated heterocycles. The fourth-order valence-electron chi connectivity index (χ4n) is 1.20. The SMILES string of the molecule is COc1c(F)cc(CC(C)=O)cc1F. The molecule has 2 nitrogen and oxygen atoms in total. The van der Waals surface area contributed by atoms with Crippen molar-refractivity contribution in [2.75, 3.05) is 7.11 Å². The molecular formula is C10H10F2O2. The van der Waals surface area contributed by atoms with E-state index >= 15 is 0 Å². The Morgan fingerprint density at radius 2 is 1.86 bits per heavy atom. The number of carbonyl (C=O) groups is 1. The van der Waals surface area contributed by atoms with Crippen molar-refractivity contribution in [1.29, 1.82) is 0 Å². The zero-order chi connectivity index (χ0) is 10.7. The largest absolute Gasteiger partial charge is 0.491 e. The first-order valence-corrected chi connectivity index (χ1v) is 4.06. The number of hydrogen-bond donors (Lipinski definition) is 0. The highest BCUT2D eigenvalue weighted by molar-refractivity contribution is 5.78. The van der Waals surface area contributed by atoms with Gasteiger partial charge in [-0.25, -0.2) is 8.78 Å². The summed E-state index contributed by atoms with van der Waals surface area (Å²) in [5.74, 6) is -2.14. The van der Waals surface area contributed by atoms with E-state index in [-0.39, 0.29) is 12.2 Å². The van der Waals surface area contributed by atoms with Gasteiger partial charge < -0.3 is 4.74 Å². The zero-order valence-corrected chi connectivity index (χ0v) is 7.93. The van der Waals surface area contributed by atoms with Crippen LogP contribution in [0.5, 0.6) is 5.75 Å². The summed E-state index contributed by atoms with van der Waals surface area (Å²) in [6, 6.07) is 2.20. The smallest absolute Gasteiger partial charge is 0.190 e. The van der Waals surface area contributed by atoms with Crippen LogP contribution in [0.2, 0.25) is 0 Å². The van der Waals surface area contributed by atoms with Crippen molar-refractivity contribution in [2.45, 2.75) is 13.3 Å². The van der Waals surface area contributed by atoms with Gasteiger partial charge in [0, 0.05) is 6.42 Å². The summed E-state index contributed by atoms with van der Waals surface area (Å²) in [6.07, 6.45) is 0.0256. The van der Waals surface area contributed by atoms with Crippen molar-refractivity contribution >= 4 is 5.78 Å². The van der Waals surface area contributed by atoms with Gasteiger partial charge >= 0.3 is 0 Å². The molecule has 1 rings (SSSR count). The number of methoxy groups -OCH3 is 1. The van der Waals surface area contributed by atoms with Crippen molar-refractivity contribution in [3.8, 4) is 5.75 Å². The van der Waals surface area contributed by atoms with Crippen LogP contribution in [-0.2, 0) is 11.2 Å². The second-order valence-corrected chi connectivity index (χ2v) is 2.97. The standard InChI is InChI=1S/C10H10F2O2/c1-6(13)3-7-4-8(11)10(14-2)9(12)5-7/h4-5H,3H2,1-2H3. The third kappa shape index (κ3) is 2.28. The third-order valence-electron chi connectivity index (χ3n) is 1.72. The second kappa shape index (κ2) is 4.17. The van der Waals surface area contributed by atoms with E-state index in [1.165, 1.54) is 14.0 Å². The van der Waals surface area contributed by atoms with Crippen molar-refractivity contribution in [3.63, 3.8) is 0 Å². The van der Waals surface area contributed by atoms with Gasteiger partial charge in [0.05, 0.1) is 7.11 Å². The molecule has 0 amide bonds. The first kappa shape index (κ1) is 10.6. The van der Waals surface area contributed by atoms with Crippen LogP contribution in [-0.4, -0.2) is 12.9 Å². The number of ketones is 1. The van der Waals surface area contributed by atoms with Crippen LogP contribution in [0.3, 0.4) is 0 Å². The lowest BCUT2D eigenvalue weighted by Gasteiger charge is -2.05. The van der Waals surface area contributed by atoms with Crippen LogP contribution >= 0.6 is 0 Å². The first-order chi connectivity index (χ1) is 6.54. The fourth-order valence-corrected chi connectivity index (χ4v) is 1.20. The molecule has 0 aliphatic heterocycles. The third-order valence-corrected chi connectivity index (χ3v) is 1.72. The van der Waals surface area contributed by atoms with Gasteiger partial charge in [0.25, 0.3) is 0 Å². The normalized spacial score (nSPS) is 10.0. The molecular weight excluding hydrogens is 190 g/mol. The van der Waals surface area contributed by atoms with E-state index in [1.54, 1.807) is 0 Å². The van der Waals surface area contributed by atoms with E-state index in [0.717, 1.165) is 12.1 Å². The predicted molar refractivity (Wildman–Crippen MR) is 47.3 cm³/mol. The Kier molecular flexibility index (Phi) is 3.17. The van der Waals surface area contributed by atoms with Crippen LogP contribution in [0.25, 0.3) is 0 Å². The maximum absolute atomic E-state index is 13.1. The van der Waals surface area contributed by atoms with Crippen molar-refractivity contribution in [1.82, 2.24) is 0 Å². The molecule has 0 heterocycles. The van der Waals surface area contributed by atoms with Crippen molar-refractivity contribution in [3.05, 3.63) is 29.3 Å². The highest BCUT2D eigenvalue weighted by Crippen LogP contribution is 2.22. The van der Waals surface area contributed by atoms with E-state index in [9.17, 15) is 13.6 Å². The lowest BCUT2D eigenvalue weighted by atomic mass is 10.1. The summed E-state index contributed by atoms with van der Waals surface area (Å²) in [5.41, 5.74) is 0.313. The molecule has 0 unspecified atom stereocenters. The molecule has 0 aliphatic carbocycles. The molecule has 1 aromatic rings. The van der Waals surface area contributed by atoms with Crippen LogP contribution in [0.4, 0.5) is 8.78 Å². The van der Waals surface area contributed by atoms with Gasteiger partial charge in [0.2, 0.25) is 0 Å². The number of hydrogen-bond acceptors (Lipinski definition) is 2. The Morgan fingerprint density at radius 3 is 2.21 bits per heavy atom. The minimum absolute atomic E-state index is 0.0256. The van der Waals surface area contributed by atoms with Crippen molar-refractivity contribution in [2.24, 2.45) is 0 Å². The molecule has 76 valence electrons. The molecule has 1 aromatic carbocycles. The minimum Gasteiger partial charge on any atom is -0.491 e.